The van der Waals surface area contributed by atoms with Gasteiger partial charge in [-0.15, -0.1) is 0 Å². The van der Waals surface area contributed by atoms with Crippen molar-refractivity contribution in [3.8, 4) is 0 Å². The first-order chi connectivity index (χ1) is 9.85. The molecule has 21 heavy (non-hydrogen) atoms. The first-order valence-electron chi connectivity index (χ1n) is 7.62. The van der Waals surface area contributed by atoms with Gasteiger partial charge in [-0.3, -0.25) is 10.1 Å². The molecule has 116 valence electrons. The molecule has 1 heterocycles. The van der Waals surface area contributed by atoms with Crippen LogP contribution in [0, 0.1) is 6.92 Å². The maximum absolute atomic E-state index is 12.5. The van der Waals surface area contributed by atoms with Crippen LogP contribution in [0.3, 0.4) is 0 Å². The number of aryl methyl sites for hydroxylation is 1. The summed E-state index contributed by atoms with van der Waals surface area (Å²) >= 11 is 0. The van der Waals surface area contributed by atoms with Gasteiger partial charge in [-0.05, 0) is 45.7 Å². The van der Waals surface area contributed by atoms with Crippen molar-refractivity contribution in [2.45, 2.75) is 52.4 Å². The third-order valence-corrected chi connectivity index (χ3v) is 3.94. The molecule has 0 radical (unpaired) electrons. The van der Waals surface area contributed by atoms with Crippen molar-refractivity contribution in [2.24, 2.45) is 0 Å². The number of carbonyl (C=O) groups excluding carboxylic acids is 1. The second kappa shape index (κ2) is 6.16. The van der Waals surface area contributed by atoms with Gasteiger partial charge in [-0.25, -0.2) is 0 Å². The highest BCUT2D eigenvalue weighted by molar-refractivity contribution is 5.84. The fraction of sp³-hybridized carbons (Fsp3) is 0.588. The molecule has 1 amide bonds. The predicted molar refractivity (Wildman–Crippen MR) is 83.9 cm³/mol. The molecule has 0 aliphatic carbocycles. The smallest absolute Gasteiger partial charge is 0.241 e. The lowest BCUT2D eigenvalue weighted by Crippen LogP contribution is -2.43. The Morgan fingerprint density at radius 1 is 1.33 bits per heavy atom. The van der Waals surface area contributed by atoms with Crippen LogP contribution in [0.5, 0.6) is 0 Å². The Morgan fingerprint density at radius 3 is 2.62 bits per heavy atom. The lowest BCUT2D eigenvalue weighted by Gasteiger charge is -2.34. The van der Waals surface area contributed by atoms with E-state index in [-0.39, 0.29) is 23.7 Å². The van der Waals surface area contributed by atoms with Gasteiger partial charge in [0.1, 0.15) is 6.17 Å². The average Bonchev–Trinajstić information content (AvgIpc) is 2.67. The van der Waals surface area contributed by atoms with E-state index in [1.165, 1.54) is 5.56 Å². The number of benzene rings is 1. The molecule has 0 bridgehead atoms. The van der Waals surface area contributed by atoms with Crippen molar-refractivity contribution in [3.63, 3.8) is 0 Å². The van der Waals surface area contributed by atoms with Crippen molar-refractivity contribution >= 4 is 5.91 Å². The van der Waals surface area contributed by atoms with Gasteiger partial charge in [0.2, 0.25) is 5.91 Å². The third-order valence-electron chi connectivity index (χ3n) is 3.94. The Balaban J connectivity index is 2.27. The second-order valence-electron chi connectivity index (χ2n) is 6.31. The number of amides is 1. The van der Waals surface area contributed by atoms with E-state index in [9.17, 15) is 4.79 Å². The van der Waals surface area contributed by atoms with E-state index in [1.54, 1.807) is 0 Å². The van der Waals surface area contributed by atoms with Crippen LogP contribution < -0.4 is 5.32 Å². The van der Waals surface area contributed by atoms with Crippen LogP contribution in [0.4, 0.5) is 0 Å². The molecule has 2 rings (SSSR count). The topological polar surface area (TPSA) is 41.6 Å². The van der Waals surface area contributed by atoms with Gasteiger partial charge in [0.05, 0.1) is 18.2 Å². The molecule has 2 unspecified atom stereocenters. The lowest BCUT2D eigenvalue weighted by atomic mass is 10.0. The summed E-state index contributed by atoms with van der Waals surface area (Å²) in [5.41, 5.74) is 2.00. The summed E-state index contributed by atoms with van der Waals surface area (Å²) in [4.78, 5) is 14.4. The molecule has 0 aromatic heterocycles. The number of rotatable bonds is 5. The Morgan fingerprint density at radius 2 is 2.00 bits per heavy atom. The quantitative estimate of drug-likeness (QED) is 0.906. The third kappa shape index (κ3) is 3.44. The van der Waals surface area contributed by atoms with E-state index < -0.39 is 0 Å². The summed E-state index contributed by atoms with van der Waals surface area (Å²) in [6.07, 6.45) is -0.0755. The number of nitrogens with one attached hydrogen (secondary N) is 1. The van der Waals surface area contributed by atoms with Crippen LogP contribution in [0.15, 0.2) is 24.3 Å². The van der Waals surface area contributed by atoms with Crippen LogP contribution in [0.25, 0.3) is 0 Å². The van der Waals surface area contributed by atoms with Gasteiger partial charge < -0.3 is 9.64 Å². The first kappa shape index (κ1) is 16.0. The SMILES string of the molecule is CCOC(C)(C)CN1C(=O)C(C)NC1c1ccccc1C. The fourth-order valence-corrected chi connectivity index (χ4v) is 2.94. The average molecular weight is 290 g/mol. The Kier molecular flexibility index (Phi) is 4.69. The van der Waals surface area contributed by atoms with Gasteiger partial charge in [0.25, 0.3) is 0 Å². The van der Waals surface area contributed by atoms with Crippen LogP contribution in [-0.2, 0) is 9.53 Å². The van der Waals surface area contributed by atoms with Crippen LogP contribution in [0.1, 0.15) is 45.0 Å². The summed E-state index contributed by atoms with van der Waals surface area (Å²) in [7, 11) is 0. The molecule has 0 spiro atoms. The Bertz CT molecular complexity index is 513. The highest BCUT2D eigenvalue weighted by Gasteiger charge is 2.40. The van der Waals surface area contributed by atoms with Gasteiger partial charge in [-0.1, -0.05) is 24.3 Å². The molecule has 1 aromatic rings. The number of carbonyl (C=O) groups is 1. The number of ether oxygens (including phenoxy) is 1. The summed E-state index contributed by atoms with van der Waals surface area (Å²) in [6.45, 7) is 11.3. The Labute approximate surface area is 127 Å². The van der Waals surface area contributed by atoms with E-state index in [0.29, 0.717) is 13.2 Å². The van der Waals surface area contributed by atoms with Crippen molar-refractivity contribution < 1.29 is 9.53 Å². The zero-order valence-electron chi connectivity index (χ0n) is 13.6. The van der Waals surface area contributed by atoms with Gasteiger partial charge in [0, 0.05) is 6.61 Å². The molecule has 1 aliphatic rings. The van der Waals surface area contributed by atoms with E-state index in [2.05, 4.69) is 24.4 Å². The highest BCUT2D eigenvalue weighted by atomic mass is 16.5. The van der Waals surface area contributed by atoms with Gasteiger partial charge in [0.15, 0.2) is 0 Å². The maximum atomic E-state index is 12.5. The first-order valence-corrected chi connectivity index (χ1v) is 7.62. The van der Waals surface area contributed by atoms with Crippen molar-refractivity contribution in [1.82, 2.24) is 10.2 Å². The summed E-state index contributed by atoms with van der Waals surface area (Å²) in [6, 6.07) is 8.04. The highest BCUT2D eigenvalue weighted by Crippen LogP contribution is 2.29. The van der Waals surface area contributed by atoms with E-state index in [4.69, 9.17) is 4.74 Å². The van der Waals surface area contributed by atoms with Crippen LogP contribution in [-0.4, -0.2) is 35.6 Å². The summed E-state index contributed by atoms with van der Waals surface area (Å²) in [5.74, 6) is 0.135. The number of nitrogens with zero attached hydrogens (tertiary/aromatic N) is 1. The van der Waals surface area contributed by atoms with E-state index in [0.717, 1.165) is 5.56 Å². The minimum absolute atomic E-state index is 0.0755. The molecule has 2 atom stereocenters. The minimum atomic E-state index is -0.350. The summed E-state index contributed by atoms with van der Waals surface area (Å²) in [5, 5.41) is 3.40. The second-order valence-corrected chi connectivity index (χ2v) is 6.31. The molecule has 1 fully saturated rings. The molecule has 1 saturated heterocycles. The normalized spacial score (nSPS) is 22.9. The maximum Gasteiger partial charge on any atom is 0.241 e. The Hall–Kier alpha value is -1.39. The molecular formula is C17H26N2O2. The van der Waals surface area contributed by atoms with Crippen molar-refractivity contribution in [1.29, 1.82) is 0 Å². The molecule has 1 aliphatic heterocycles. The largest absolute Gasteiger partial charge is 0.374 e. The monoisotopic (exact) mass is 290 g/mol. The number of hydrogen-bond donors (Lipinski definition) is 1. The zero-order valence-corrected chi connectivity index (χ0v) is 13.6. The van der Waals surface area contributed by atoms with Crippen molar-refractivity contribution in [3.05, 3.63) is 35.4 Å². The standard InChI is InChI=1S/C17H26N2O2/c1-6-21-17(4,5)11-19-15(18-13(3)16(19)20)14-10-8-7-9-12(14)2/h7-10,13,15,18H,6,11H2,1-5H3. The van der Waals surface area contributed by atoms with E-state index >= 15 is 0 Å². The van der Waals surface area contributed by atoms with E-state index in [1.807, 2.05) is 44.7 Å². The minimum Gasteiger partial charge on any atom is -0.374 e. The van der Waals surface area contributed by atoms with Gasteiger partial charge in [-0.2, -0.15) is 0 Å². The molecule has 1 N–H and O–H groups in total. The van der Waals surface area contributed by atoms with Crippen LogP contribution in [0.2, 0.25) is 0 Å². The number of hydrogen-bond acceptors (Lipinski definition) is 3. The molecule has 4 heteroatoms. The van der Waals surface area contributed by atoms with Gasteiger partial charge >= 0.3 is 0 Å². The summed E-state index contributed by atoms with van der Waals surface area (Å²) < 4.78 is 5.77. The lowest BCUT2D eigenvalue weighted by molar-refractivity contribution is -0.134. The molecule has 4 nitrogen and oxygen atoms in total. The molecule has 1 aromatic carbocycles. The molecular weight excluding hydrogens is 264 g/mol. The van der Waals surface area contributed by atoms with Crippen LogP contribution >= 0.6 is 0 Å². The van der Waals surface area contributed by atoms with Crippen molar-refractivity contribution in [2.75, 3.05) is 13.2 Å². The predicted octanol–water partition coefficient (Wildman–Crippen LogP) is 2.63. The zero-order chi connectivity index (χ0) is 15.6. The fourth-order valence-electron chi connectivity index (χ4n) is 2.94. The molecule has 0 saturated carbocycles.